The second-order valence-electron chi connectivity index (χ2n) is 10.5. The minimum Gasteiger partial charge on any atom is -0.459 e. The van der Waals surface area contributed by atoms with Gasteiger partial charge in [0.05, 0.1) is 11.9 Å². The van der Waals surface area contributed by atoms with Gasteiger partial charge < -0.3 is 21.1 Å². The third-order valence-electron chi connectivity index (χ3n) is 4.76. The monoisotopic (exact) mass is 471 g/mol. The summed E-state index contributed by atoms with van der Waals surface area (Å²) in [7, 11) is 0. The fourth-order valence-corrected chi connectivity index (χ4v) is 3.16. The summed E-state index contributed by atoms with van der Waals surface area (Å²) in [6, 6.07) is 4.83. The number of esters is 1. The number of rotatable bonds is 7. The molecule has 1 aromatic carbocycles. The van der Waals surface area contributed by atoms with Gasteiger partial charge in [-0.05, 0) is 73.1 Å². The lowest BCUT2D eigenvalue weighted by Gasteiger charge is -2.23. The first-order valence-corrected chi connectivity index (χ1v) is 11.4. The van der Waals surface area contributed by atoms with Gasteiger partial charge in [0.15, 0.2) is 5.82 Å². The Morgan fingerprint density at radius 1 is 1.15 bits per heavy atom. The van der Waals surface area contributed by atoms with Crippen LogP contribution in [0.5, 0.6) is 0 Å². The van der Waals surface area contributed by atoms with Gasteiger partial charge in [0.2, 0.25) is 0 Å². The van der Waals surface area contributed by atoms with E-state index in [1.54, 1.807) is 39.0 Å². The summed E-state index contributed by atoms with van der Waals surface area (Å²) in [6.45, 7) is 14.5. The Kier molecular flexibility index (Phi) is 8.13. The van der Waals surface area contributed by atoms with Crippen LogP contribution < -0.4 is 21.9 Å². The molecule has 4 N–H and O–H groups in total. The zero-order valence-electron chi connectivity index (χ0n) is 21.4. The van der Waals surface area contributed by atoms with Crippen LogP contribution in [-0.2, 0) is 16.1 Å². The zero-order valence-corrected chi connectivity index (χ0v) is 21.4. The highest BCUT2D eigenvalue weighted by molar-refractivity contribution is 5.96. The summed E-state index contributed by atoms with van der Waals surface area (Å²) in [5.74, 6) is -0.733. The maximum absolute atomic E-state index is 13.3. The quantitative estimate of drug-likeness (QED) is 0.416. The van der Waals surface area contributed by atoms with E-state index in [9.17, 15) is 14.4 Å². The lowest BCUT2D eigenvalue weighted by Crippen LogP contribution is -2.36. The summed E-state index contributed by atoms with van der Waals surface area (Å²) >= 11 is 0. The molecule has 1 atom stereocenters. The van der Waals surface area contributed by atoms with E-state index in [1.165, 1.54) is 10.8 Å². The summed E-state index contributed by atoms with van der Waals surface area (Å²) in [5, 5.41) is 5.98. The molecule has 0 saturated carbocycles. The SMILES string of the molecule is CC[C@@H](C)NC(=O)c1cc(N)cc(-c2cnc(NC(C)(C)C)c(=O)n2CC(=O)OC(C)(C)C)c1. The van der Waals surface area contributed by atoms with E-state index in [2.05, 4.69) is 15.6 Å². The number of anilines is 2. The molecular weight excluding hydrogens is 434 g/mol. The third-order valence-corrected chi connectivity index (χ3v) is 4.76. The van der Waals surface area contributed by atoms with Gasteiger partial charge in [-0.3, -0.25) is 19.0 Å². The Bertz CT molecular complexity index is 1110. The molecular formula is C25H37N5O4. The van der Waals surface area contributed by atoms with E-state index in [1.807, 2.05) is 34.6 Å². The molecule has 0 aliphatic carbocycles. The molecule has 34 heavy (non-hydrogen) atoms. The molecule has 9 heteroatoms. The van der Waals surface area contributed by atoms with Crippen molar-refractivity contribution in [2.75, 3.05) is 11.1 Å². The van der Waals surface area contributed by atoms with Crippen LogP contribution in [0.25, 0.3) is 11.3 Å². The van der Waals surface area contributed by atoms with E-state index >= 15 is 0 Å². The van der Waals surface area contributed by atoms with Crippen molar-refractivity contribution in [2.45, 2.75) is 85.5 Å². The number of amides is 1. The molecule has 0 aliphatic rings. The number of carbonyl (C=O) groups is 2. The molecule has 186 valence electrons. The molecule has 0 bridgehead atoms. The van der Waals surface area contributed by atoms with Gasteiger partial charge in [0.25, 0.3) is 11.5 Å². The van der Waals surface area contributed by atoms with Crippen molar-refractivity contribution in [2.24, 2.45) is 0 Å². The van der Waals surface area contributed by atoms with Crippen LogP contribution in [0, 0.1) is 0 Å². The van der Waals surface area contributed by atoms with Gasteiger partial charge in [-0.2, -0.15) is 0 Å². The third kappa shape index (κ3) is 7.60. The molecule has 0 aliphatic heterocycles. The highest BCUT2D eigenvalue weighted by atomic mass is 16.6. The largest absolute Gasteiger partial charge is 0.459 e. The number of hydrogen-bond acceptors (Lipinski definition) is 7. The maximum atomic E-state index is 13.3. The first kappa shape index (κ1) is 26.9. The Morgan fingerprint density at radius 2 is 1.79 bits per heavy atom. The second kappa shape index (κ2) is 10.3. The Morgan fingerprint density at radius 3 is 2.35 bits per heavy atom. The molecule has 0 saturated heterocycles. The molecule has 1 heterocycles. The summed E-state index contributed by atoms with van der Waals surface area (Å²) in [6.07, 6.45) is 2.27. The highest BCUT2D eigenvalue weighted by Gasteiger charge is 2.22. The highest BCUT2D eigenvalue weighted by Crippen LogP contribution is 2.24. The number of benzene rings is 1. The van der Waals surface area contributed by atoms with Crippen molar-refractivity contribution in [3.63, 3.8) is 0 Å². The number of hydrogen-bond donors (Lipinski definition) is 3. The van der Waals surface area contributed by atoms with E-state index < -0.39 is 22.7 Å². The van der Waals surface area contributed by atoms with E-state index in [4.69, 9.17) is 10.5 Å². The standard InChI is InChI=1S/C25H37N5O4/c1-9-15(2)28-22(32)17-10-16(11-18(26)12-17)19-13-27-21(29-24(3,4)5)23(33)30(19)14-20(31)34-25(6,7)8/h10-13,15H,9,14,26H2,1-8H3,(H,27,29)(H,28,32)/t15-/m1/s1. The van der Waals surface area contributed by atoms with E-state index in [-0.39, 0.29) is 24.3 Å². The number of nitrogens with zero attached hydrogens (tertiary/aromatic N) is 2. The summed E-state index contributed by atoms with van der Waals surface area (Å²) < 4.78 is 6.73. The van der Waals surface area contributed by atoms with Crippen molar-refractivity contribution in [1.82, 2.24) is 14.9 Å². The summed E-state index contributed by atoms with van der Waals surface area (Å²) in [4.78, 5) is 43.0. The number of nitrogens with one attached hydrogen (secondary N) is 2. The van der Waals surface area contributed by atoms with Crippen molar-refractivity contribution in [3.05, 3.63) is 40.3 Å². The predicted molar refractivity (Wildman–Crippen MR) is 135 cm³/mol. The smallest absolute Gasteiger partial charge is 0.326 e. The molecule has 0 spiro atoms. The van der Waals surface area contributed by atoms with Crippen molar-refractivity contribution >= 4 is 23.4 Å². The average Bonchev–Trinajstić information content (AvgIpc) is 2.68. The van der Waals surface area contributed by atoms with Gasteiger partial charge in [-0.25, -0.2) is 4.98 Å². The topological polar surface area (TPSA) is 128 Å². The van der Waals surface area contributed by atoms with Crippen molar-refractivity contribution < 1.29 is 14.3 Å². The summed E-state index contributed by atoms with van der Waals surface area (Å²) in [5.41, 5.74) is 6.02. The average molecular weight is 472 g/mol. The fourth-order valence-electron chi connectivity index (χ4n) is 3.16. The fraction of sp³-hybridized carbons (Fsp3) is 0.520. The maximum Gasteiger partial charge on any atom is 0.326 e. The second-order valence-corrected chi connectivity index (χ2v) is 10.5. The van der Waals surface area contributed by atoms with Crippen LogP contribution >= 0.6 is 0 Å². The molecule has 0 unspecified atom stereocenters. The number of nitrogens with two attached hydrogens (primary N) is 1. The minimum atomic E-state index is -0.710. The van der Waals surface area contributed by atoms with Crippen LogP contribution in [0.4, 0.5) is 11.5 Å². The first-order valence-electron chi connectivity index (χ1n) is 11.4. The normalized spacial score (nSPS) is 12.7. The molecule has 0 fully saturated rings. The Balaban J connectivity index is 2.61. The number of aromatic nitrogens is 2. The Labute approximate surface area is 201 Å². The Hall–Kier alpha value is -3.36. The minimum absolute atomic E-state index is 0.00727. The van der Waals surface area contributed by atoms with Crippen LogP contribution in [-0.4, -0.2) is 38.6 Å². The molecule has 2 aromatic rings. The van der Waals surface area contributed by atoms with Gasteiger partial charge in [-0.15, -0.1) is 0 Å². The zero-order chi connectivity index (χ0) is 25.8. The van der Waals surface area contributed by atoms with Crippen molar-refractivity contribution in [3.8, 4) is 11.3 Å². The molecule has 0 radical (unpaired) electrons. The number of carbonyl (C=O) groups excluding carboxylic acids is 2. The first-order chi connectivity index (χ1) is 15.6. The van der Waals surface area contributed by atoms with Crippen LogP contribution in [0.1, 0.15) is 72.2 Å². The van der Waals surface area contributed by atoms with Gasteiger partial charge in [0, 0.05) is 28.4 Å². The van der Waals surface area contributed by atoms with E-state index in [0.717, 1.165) is 6.42 Å². The predicted octanol–water partition coefficient (Wildman–Crippen LogP) is 3.57. The van der Waals surface area contributed by atoms with Gasteiger partial charge in [0.1, 0.15) is 12.1 Å². The van der Waals surface area contributed by atoms with Crippen LogP contribution in [0.15, 0.2) is 29.2 Å². The molecule has 2 rings (SSSR count). The van der Waals surface area contributed by atoms with Crippen LogP contribution in [0.3, 0.4) is 0 Å². The molecule has 1 amide bonds. The lowest BCUT2D eigenvalue weighted by atomic mass is 10.1. The molecule has 9 nitrogen and oxygen atoms in total. The van der Waals surface area contributed by atoms with Gasteiger partial charge in [-0.1, -0.05) is 6.92 Å². The number of nitrogen functional groups attached to an aromatic ring is 1. The van der Waals surface area contributed by atoms with E-state index in [0.29, 0.717) is 22.5 Å². The number of ether oxygens (including phenoxy) is 1. The lowest BCUT2D eigenvalue weighted by molar-refractivity contribution is -0.155. The van der Waals surface area contributed by atoms with Gasteiger partial charge >= 0.3 is 5.97 Å². The molecule has 1 aromatic heterocycles. The van der Waals surface area contributed by atoms with Crippen LogP contribution in [0.2, 0.25) is 0 Å². The van der Waals surface area contributed by atoms with Crippen molar-refractivity contribution in [1.29, 1.82) is 0 Å².